The third-order valence-corrected chi connectivity index (χ3v) is 10.5. The van der Waals surface area contributed by atoms with Crippen LogP contribution in [-0.2, 0) is 22.6 Å². The molecule has 1 amide bonds. The van der Waals surface area contributed by atoms with E-state index in [-0.39, 0.29) is 23.8 Å². The summed E-state index contributed by atoms with van der Waals surface area (Å²) >= 11 is 14.1. The van der Waals surface area contributed by atoms with Crippen molar-refractivity contribution in [2.45, 2.75) is 65.0 Å². The lowest BCUT2D eigenvalue weighted by molar-refractivity contribution is -0.122. The minimum atomic E-state index is 0.0639. The fourth-order valence-electron chi connectivity index (χ4n) is 6.94. The van der Waals surface area contributed by atoms with E-state index < -0.39 is 0 Å². The van der Waals surface area contributed by atoms with Gasteiger partial charge < -0.3 is 20.1 Å². The molecule has 0 unspecified atom stereocenters. The van der Waals surface area contributed by atoms with Gasteiger partial charge in [0.15, 0.2) is 0 Å². The van der Waals surface area contributed by atoms with Crippen LogP contribution < -0.4 is 20.1 Å². The van der Waals surface area contributed by atoms with Gasteiger partial charge in [-0.05, 0) is 44.6 Å². The number of halogens is 2. The number of nitrogens with zero attached hydrogens (tertiary/aromatic N) is 4. The van der Waals surface area contributed by atoms with Gasteiger partial charge in [0.1, 0.15) is 17.2 Å². The maximum atomic E-state index is 11.9. The van der Waals surface area contributed by atoms with E-state index in [4.69, 9.17) is 47.6 Å². The zero-order valence-electron chi connectivity index (χ0n) is 28.8. The quantitative estimate of drug-likeness (QED) is 0.148. The number of benzene rings is 2. The lowest BCUT2D eigenvalue weighted by Crippen LogP contribution is -2.26. The standard InChI is InChI=1S/C38H42Cl2N6O4/c1-21-14-23(16-33(21)47)17-41-18-32-38(50-4)46-31(20-43-32)28-12-7-10-26(35(28)40)25-9-6-11-27(34(25)39)30-19-42-29(37(45-30)49-3)13-5-8-24-15-22(2)36(48)44-24/h6-7,9-12,19-24,41H,5,8,13-18H2,1-4H3,(H,44,48)/t21-,22-,23-,24-/m1/s1. The van der Waals surface area contributed by atoms with Crippen LogP contribution in [0.5, 0.6) is 11.8 Å². The van der Waals surface area contributed by atoms with Gasteiger partial charge in [0.25, 0.3) is 0 Å². The van der Waals surface area contributed by atoms with E-state index in [9.17, 15) is 9.59 Å². The molecular formula is C38H42Cl2N6O4. The maximum absolute atomic E-state index is 11.9. The first kappa shape index (κ1) is 35.7. The average molecular weight is 718 g/mol. The molecule has 4 aromatic rings. The van der Waals surface area contributed by atoms with Gasteiger partial charge in [-0.15, -0.1) is 0 Å². The fourth-order valence-corrected chi connectivity index (χ4v) is 7.59. The van der Waals surface area contributed by atoms with Gasteiger partial charge in [-0.2, -0.15) is 0 Å². The second-order valence-corrected chi connectivity index (χ2v) is 14.1. The number of amides is 1. The van der Waals surface area contributed by atoms with Crippen molar-refractivity contribution in [1.82, 2.24) is 30.6 Å². The number of ether oxygens (including phenoxy) is 2. The second-order valence-electron chi connectivity index (χ2n) is 13.3. The Bertz CT molecular complexity index is 1750. The third kappa shape index (κ3) is 7.77. The number of ketones is 1. The van der Waals surface area contributed by atoms with Gasteiger partial charge in [0.05, 0.1) is 48.0 Å². The van der Waals surface area contributed by atoms with Crippen LogP contribution in [0.15, 0.2) is 48.8 Å². The minimum Gasteiger partial charge on any atom is -0.480 e. The van der Waals surface area contributed by atoms with Crippen LogP contribution in [0.4, 0.5) is 0 Å². The van der Waals surface area contributed by atoms with Crippen LogP contribution in [0.3, 0.4) is 0 Å². The first-order valence-corrected chi connectivity index (χ1v) is 17.8. The Hall–Kier alpha value is -4.12. The van der Waals surface area contributed by atoms with Gasteiger partial charge in [-0.3, -0.25) is 19.6 Å². The molecule has 10 nitrogen and oxygen atoms in total. The summed E-state index contributed by atoms with van der Waals surface area (Å²) in [5.41, 5.74) is 5.42. The number of hydrogen-bond acceptors (Lipinski definition) is 9. The zero-order chi connectivity index (χ0) is 35.4. The molecule has 12 heteroatoms. The number of nitrogens with one attached hydrogen (secondary N) is 2. The first-order chi connectivity index (χ1) is 24.2. The van der Waals surface area contributed by atoms with E-state index in [2.05, 4.69) is 15.6 Å². The summed E-state index contributed by atoms with van der Waals surface area (Å²) < 4.78 is 11.2. The summed E-state index contributed by atoms with van der Waals surface area (Å²) in [6, 6.07) is 11.6. The molecule has 262 valence electrons. The Labute approximate surface area is 302 Å². The molecule has 0 spiro atoms. The molecule has 3 heterocycles. The predicted octanol–water partition coefficient (Wildman–Crippen LogP) is 7.14. The third-order valence-electron chi connectivity index (χ3n) is 9.70. The maximum Gasteiger partial charge on any atom is 0.237 e. The van der Waals surface area contributed by atoms with E-state index >= 15 is 0 Å². The number of Topliss-reactive ketones (excluding diaryl/α,β-unsaturated/α-hetero) is 1. The van der Waals surface area contributed by atoms with Crippen molar-refractivity contribution < 1.29 is 19.1 Å². The molecule has 0 radical (unpaired) electrons. The molecule has 1 saturated carbocycles. The summed E-state index contributed by atoms with van der Waals surface area (Å²) in [6.45, 7) is 5.16. The number of hydrogen-bond donors (Lipinski definition) is 2. The second kappa shape index (κ2) is 15.8. The van der Waals surface area contributed by atoms with Crippen molar-refractivity contribution in [2.24, 2.45) is 17.8 Å². The highest BCUT2D eigenvalue weighted by Crippen LogP contribution is 2.42. The first-order valence-electron chi connectivity index (χ1n) is 17.1. The molecule has 2 aromatic heterocycles. The largest absolute Gasteiger partial charge is 0.480 e. The Balaban J connectivity index is 1.19. The van der Waals surface area contributed by atoms with Crippen LogP contribution in [0, 0.1) is 17.8 Å². The van der Waals surface area contributed by atoms with Crippen molar-refractivity contribution in [3.8, 4) is 45.4 Å². The molecule has 50 heavy (non-hydrogen) atoms. The number of aromatic nitrogens is 4. The van der Waals surface area contributed by atoms with E-state index in [0.717, 1.165) is 49.0 Å². The normalized spacial score (nSPS) is 20.3. The number of rotatable bonds is 13. The Morgan fingerprint density at radius 1 is 0.820 bits per heavy atom. The topological polar surface area (TPSA) is 128 Å². The van der Waals surface area contributed by atoms with Crippen LogP contribution in [0.25, 0.3) is 33.6 Å². The lowest BCUT2D eigenvalue weighted by atomic mass is 9.98. The molecule has 1 saturated heterocycles. The Morgan fingerprint density at radius 2 is 1.40 bits per heavy atom. The number of aryl methyl sites for hydroxylation is 1. The molecular weight excluding hydrogens is 675 g/mol. The van der Waals surface area contributed by atoms with Crippen LogP contribution in [-0.4, -0.2) is 58.4 Å². The van der Waals surface area contributed by atoms with Crippen molar-refractivity contribution in [3.05, 3.63) is 70.2 Å². The van der Waals surface area contributed by atoms with E-state index in [1.807, 2.05) is 50.2 Å². The summed E-state index contributed by atoms with van der Waals surface area (Å²) in [7, 11) is 3.15. The highest BCUT2D eigenvalue weighted by Gasteiger charge is 2.29. The Kier molecular flexibility index (Phi) is 11.3. The lowest BCUT2D eigenvalue weighted by Gasteiger charge is -2.15. The van der Waals surface area contributed by atoms with Gasteiger partial charge in [-0.1, -0.05) is 73.4 Å². The smallest absolute Gasteiger partial charge is 0.237 e. The summed E-state index contributed by atoms with van der Waals surface area (Å²) in [4.78, 5) is 42.7. The van der Waals surface area contributed by atoms with Gasteiger partial charge in [0.2, 0.25) is 17.7 Å². The van der Waals surface area contributed by atoms with E-state index in [1.54, 1.807) is 26.6 Å². The summed E-state index contributed by atoms with van der Waals surface area (Å²) in [5, 5.41) is 7.42. The van der Waals surface area contributed by atoms with Crippen LogP contribution in [0.2, 0.25) is 10.0 Å². The molecule has 0 bridgehead atoms. The van der Waals surface area contributed by atoms with Gasteiger partial charge in [0, 0.05) is 53.1 Å². The molecule has 2 fully saturated rings. The number of carbonyl (C=O) groups is 2. The van der Waals surface area contributed by atoms with E-state index in [0.29, 0.717) is 81.1 Å². The van der Waals surface area contributed by atoms with Gasteiger partial charge in [-0.25, -0.2) is 9.97 Å². The minimum absolute atomic E-state index is 0.0639. The summed E-state index contributed by atoms with van der Waals surface area (Å²) in [5.74, 6) is 1.85. The molecule has 4 atom stereocenters. The molecule has 1 aliphatic carbocycles. The van der Waals surface area contributed by atoms with E-state index in [1.165, 1.54) is 0 Å². The van der Waals surface area contributed by atoms with Crippen molar-refractivity contribution in [3.63, 3.8) is 0 Å². The Morgan fingerprint density at radius 3 is 1.94 bits per heavy atom. The molecule has 6 rings (SSSR count). The molecule has 1 aliphatic heterocycles. The fraction of sp³-hybridized carbons (Fsp3) is 0.421. The monoisotopic (exact) mass is 716 g/mol. The summed E-state index contributed by atoms with van der Waals surface area (Å²) in [6.07, 6.45) is 8.21. The van der Waals surface area contributed by atoms with Crippen molar-refractivity contribution in [2.75, 3.05) is 20.8 Å². The number of methoxy groups -OCH3 is 2. The van der Waals surface area contributed by atoms with Crippen molar-refractivity contribution >= 4 is 34.9 Å². The highest BCUT2D eigenvalue weighted by atomic mass is 35.5. The molecule has 2 N–H and O–H groups in total. The predicted molar refractivity (Wildman–Crippen MR) is 194 cm³/mol. The molecule has 2 aliphatic rings. The highest BCUT2D eigenvalue weighted by molar-refractivity contribution is 6.39. The van der Waals surface area contributed by atoms with Gasteiger partial charge >= 0.3 is 0 Å². The van der Waals surface area contributed by atoms with Crippen molar-refractivity contribution in [1.29, 1.82) is 0 Å². The number of carbonyl (C=O) groups excluding carboxylic acids is 2. The molecule has 2 aromatic carbocycles. The average Bonchev–Trinajstić information content (AvgIpc) is 3.62. The van der Waals surface area contributed by atoms with Crippen LogP contribution >= 0.6 is 23.2 Å². The van der Waals surface area contributed by atoms with Crippen LogP contribution in [0.1, 0.15) is 57.3 Å². The zero-order valence-corrected chi connectivity index (χ0v) is 30.3. The SMILES string of the molecule is COc1nc(-c2cccc(-c3cccc(-c4cnc(CNC[C@H]5CC(=O)[C@H](C)C5)c(OC)n4)c3Cl)c2Cl)cnc1CCC[C@@H]1C[C@@H](C)C(=O)N1.